The molecule has 1 aromatic rings. The molecule has 0 unspecified atom stereocenters. The summed E-state index contributed by atoms with van der Waals surface area (Å²) in [4.78, 5) is 10.5. The highest BCUT2D eigenvalue weighted by Gasteiger charge is 2.19. The van der Waals surface area contributed by atoms with Crippen molar-refractivity contribution in [3.05, 3.63) is 35.4 Å². The lowest BCUT2D eigenvalue weighted by molar-refractivity contribution is -0.136. The maximum Gasteiger partial charge on any atom is 0.303 e. The Morgan fingerprint density at radius 1 is 1.44 bits per heavy atom. The predicted octanol–water partition coefficient (Wildman–Crippen LogP) is 2.59. The first kappa shape index (κ1) is 12.7. The average molecular weight is 222 g/mol. The van der Waals surface area contributed by atoms with E-state index in [1.807, 2.05) is 38.1 Å². The van der Waals surface area contributed by atoms with Gasteiger partial charge in [0.2, 0.25) is 0 Å². The number of ether oxygens (including phenoxy) is 1. The number of rotatable bonds is 5. The van der Waals surface area contributed by atoms with Crippen molar-refractivity contribution in [3.63, 3.8) is 0 Å². The maximum atomic E-state index is 10.5. The molecule has 1 N–H and O–H groups in total. The Morgan fingerprint density at radius 2 is 2.12 bits per heavy atom. The molecule has 0 atom stereocenters. The Bertz CT molecular complexity index is 369. The van der Waals surface area contributed by atoms with E-state index in [4.69, 9.17) is 9.84 Å². The van der Waals surface area contributed by atoms with E-state index in [0.717, 1.165) is 11.1 Å². The van der Waals surface area contributed by atoms with Crippen molar-refractivity contribution in [1.82, 2.24) is 0 Å². The molecule has 0 aliphatic carbocycles. The molecule has 1 rings (SSSR count). The van der Waals surface area contributed by atoms with Crippen LogP contribution in [0.5, 0.6) is 0 Å². The van der Waals surface area contributed by atoms with E-state index < -0.39 is 5.97 Å². The van der Waals surface area contributed by atoms with Crippen LogP contribution in [0.2, 0.25) is 0 Å². The van der Waals surface area contributed by atoms with Gasteiger partial charge in [-0.05, 0) is 31.4 Å². The molecule has 0 aromatic heterocycles. The third-order valence-corrected chi connectivity index (χ3v) is 2.76. The molecule has 0 saturated carbocycles. The highest BCUT2D eigenvalue weighted by atomic mass is 16.5. The van der Waals surface area contributed by atoms with Crippen molar-refractivity contribution in [2.75, 3.05) is 7.11 Å². The van der Waals surface area contributed by atoms with E-state index in [1.54, 1.807) is 7.11 Å². The van der Waals surface area contributed by atoms with Gasteiger partial charge >= 0.3 is 5.97 Å². The summed E-state index contributed by atoms with van der Waals surface area (Å²) in [5.41, 5.74) is 1.77. The van der Waals surface area contributed by atoms with Crippen LogP contribution in [-0.2, 0) is 21.6 Å². The SMILES string of the molecule is COC(C)(C)c1cccc(CCC(=O)O)c1. The lowest BCUT2D eigenvalue weighted by Crippen LogP contribution is -2.19. The van der Waals surface area contributed by atoms with Crippen LogP contribution in [0.3, 0.4) is 0 Å². The maximum absolute atomic E-state index is 10.5. The minimum absolute atomic E-state index is 0.164. The molecular formula is C13H18O3. The summed E-state index contributed by atoms with van der Waals surface area (Å²) < 4.78 is 5.39. The fourth-order valence-electron chi connectivity index (χ4n) is 1.47. The Labute approximate surface area is 96.1 Å². The number of methoxy groups -OCH3 is 1. The molecule has 0 aliphatic heterocycles. The van der Waals surface area contributed by atoms with E-state index in [1.165, 1.54) is 0 Å². The molecular weight excluding hydrogens is 204 g/mol. The second-order valence-corrected chi connectivity index (χ2v) is 4.31. The van der Waals surface area contributed by atoms with Crippen molar-refractivity contribution in [2.45, 2.75) is 32.3 Å². The zero-order valence-electron chi connectivity index (χ0n) is 9.99. The van der Waals surface area contributed by atoms with Crippen molar-refractivity contribution < 1.29 is 14.6 Å². The molecule has 88 valence electrons. The second-order valence-electron chi connectivity index (χ2n) is 4.31. The van der Waals surface area contributed by atoms with Crippen LogP contribution < -0.4 is 0 Å². The molecule has 0 radical (unpaired) electrons. The van der Waals surface area contributed by atoms with Crippen LogP contribution in [0.4, 0.5) is 0 Å². The van der Waals surface area contributed by atoms with Gasteiger partial charge in [-0.15, -0.1) is 0 Å². The van der Waals surface area contributed by atoms with E-state index in [0.29, 0.717) is 6.42 Å². The zero-order valence-corrected chi connectivity index (χ0v) is 9.99. The third kappa shape index (κ3) is 3.35. The number of benzene rings is 1. The monoisotopic (exact) mass is 222 g/mol. The summed E-state index contributed by atoms with van der Waals surface area (Å²) in [7, 11) is 1.67. The summed E-state index contributed by atoms with van der Waals surface area (Å²) in [6.07, 6.45) is 0.722. The van der Waals surface area contributed by atoms with Crippen LogP contribution >= 0.6 is 0 Å². The molecule has 0 aliphatic rings. The quantitative estimate of drug-likeness (QED) is 0.833. The molecule has 0 heterocycles. The largest absolute Gasteiger partial charge is 0.481 e. The summed E-state index contributed by atoms with van der Waals surface area (Å²) in [5, 5.41) is 8.63. The van der Waals surface area contributed by atoms with Gasteiger partial charge in [-0.1, -0.05) is 24.3 Å². The normalized spacial score (nSPS) is 11.4. The third-order valence-electron chi connectivity index (χ3n) is 2.76. The van der Waals surface area contributed by atoms with Crippen LogP contribution in [-0.4, -0.2) is 18.2 Å². The number of aliphatic carboxylic acids is 1. The fraction of sp³-hybridized carbons (Fsp3) is 0.462. The number of carbonyl (C=O) groups is 1. The van der Waals surface area contributed by atoms with Crippen molar-refractivity contribution >= 4 is 5.97 Å². The van der Waals surface area contributed by atoms with Gasteiger partial charge in [-0.3, -0.25) is 4.79 Å². The summed E-state index contributed by atoms with van der Waals surface area (Å²) in [6.45, 7) is 3.98. The Morgan fingerprint density at radius 3 is 2.69 bits per heavy atom. The number of hydrogen-bond acceptors (Lipinski definition) is 2. The lowest BCUT2D eigenvalue weighted by atomic mass is 9.95. The van der Waals surface area contributed by atoms with E-state index in [-0.39, 0.29) is 12.0 Å². The van der Waals surface area contributed by atoms with E-state index >= 15 is 0 Å². The molecule has 0 bridgehead atoms. The molecule has 16 heavy (non-hydrogen) atoms. The smallest absolute Gasteiger partial charge is 0.303 e. The average Bonchev–Trinajstić information content (AvgIpc) is 2.27. The van der Waals surface area contributed by atoms with E-state index in [2.05, 4.69) is 0 Å². The first-order valence-corrected chi connectivity index (χ1v) is 5.32. The van der Waals surface area contributed by atoms with Crippen LogP contribution in [0.1, 0.15) is 31.4 Å². The predicted molar refractivity (Wildman–Crippen MR) is 62.4 cm³/mol. The van der Waals surface area contributed by atoms with Gasteiger partial charge < -0.3 is 9.84 Å². The van der Waals surface area contributed by atoms with Gasteiger partial charge in [0.15, 0.2) is 0 Å². The molecule has 1 aromatic carbocycles. The van der Waals surface area contributed by atoms with Gasteiger partial charge in [0.05, 0.1) is 5.60 Å². The fourth-order valence-corrected chi connectivity index (χ4v) is 1.47. The van der Waals surface area contributed by atoms with Crippen LogP contribution in [0.15, 0.2) is 24.3 Å². The van der Waals surface area contributed by atoms with Crippen molar-refractivity contribution in [1.29, 1.82) is 0 Å². The number of carboxylic acid groups (broad SMARTS) is 1. The first-order valence-electron chi connectivity index (χ1n) is 5.32. The molecule has 3 nitrogen and oxygen atoms in total. The molecule has 0 saturated heterocycles. The van der Waals surface area contributed by atoms with Crippen molar-refractivity contribution in [2.24, 2.45) is 0 Å². The highest BCUT2D eigenvalue weighted by molar-refractivity contribution is 5.67. The summed E-state index contributed by atoms with van der Waals surface area (Å²) in [5.74, 6) is -0.767. The molecule has 0 fully saturated rings. The second kappa shape index (κ2) is 5.12. The van der Waals surface area contributed by atoms with Gasteiger partial charge in [0.1, 0.15) is 0 Å². The highest BCUT2D eigenvalue weighted by Crippen LogP contribution is 2.24. The molecule has 3 heteroatoms. The summed E-state index contributed by atoms with van der Waals surface area (Å²) >= 11 is 0. The number of hydrogen-bond donors (Lipinski definition) is 1. The van der Waals surface area contributed by atoms with E-state index in [9.17, 15) is 4.79 Å². The minimum Gasteiger partial charge on any atom is -0.481 e. The van der Waals surface area contributed by atoms with Crippen molar-refractivity contribution in [3.8, 4) is 0 Å². The Balaban J connectivity index is 2.83. The topological polar surface area (TPSA) is 46.5 Å². The zero-order chi connectivity index (χ0) is 12.2. The number of carboxylic acids is 1. The Hall–Kier alpha value is -1.35. The Kier molecular flexibility index (Phi) is 4.07. The van der Waals surface area contributed by atoms with Gasteiger partial charge in [-0.25, -0.2) is 0 Å². The van der Waals surface area contributed by atoms with Crippen LogP contribution in [0, 0.1) is 0 Å². The van der Waals surface area contributed by atoms with Crippen LogP contribution in [0.25, 0.3) is 0 Å². The van der Waals surface area contributed by atoms with Gasteiger partial charge in [0.25, 0.3) is 0 Å². The first-order chi connectivity index (χ1) is 7.45. The standard InChI is InChI=1S/C13H18O3/c1-13(2,16-3)11-6-4-5-10(9-11)7-8-12(14)15/h4-6,9H,7-8H2,1-3H3,(H,14,15). The van der Waals surface area contributed by atoms with Gasteiger partial charge in [-0.2, -0.15) is 0 Å². The van der Waals surface area contributed by atoms with Gasteiger partial charge in [0, 0.05) is 13.5 Å². The molecule has 0 amide bonds. The minimum atomic E-state index is -0.767. The summed E-state index contributed by atoms with van der Waals surface area (Å²) in [6, 6.07) is 7.88. The molecule has 0 spiro atoms. The number of aryl methyl sites for hydroxylation is 1. The lowest BCUT2D eigenvalue weighted by Gasteiger charge is -2.24.